The number of hydrogen-bond donors (Lipinski definition) is 1. The first-order valence-corrected chi connectivity index (χ1v) is 10.6. The molecule has 1 N–H and O–H groups in total. The van der Waals surface area contributed by atoms with Crippen LogP contribution in [-0.2, 0) is 0 Å². The van der Waals surface area contributed by atoms with Crippen molar-refractivity contribution < 1.29 is 0 Å². The number of fused-ring (bicyclic) bond motifs is 3. The molecule has 1 heterocycles. The Morgan fingerprint density at radius 1 is 0.438 bits per heavy atom. The van der Waals surface area contributed by atoms with E-state index in [0.717, 1.165) is 0 Å². The molecule has 6 aromatic rings. The molecule has 2 heteroatoms. The zero-order valence-corrected chi connectivity index (χ0v) is 19.2. The monoisotopic (exact) mass is 475 g/mol. The van der Waals surface area contributed by atoms with Crippen molar-refractivity contribution in [1.82, 2.24) is 4.98 Å². The van der Waals surface area contributed by atoms with E-state index in [1.54, 1.807) is 0 Å². The Kier molecular flexibility index (Phi) is 5.38. The van der Waals surface area contributed by atoms with Crippen LogP contribution in [0.3, 0.4) is 0 Å². The quantitative estimate of drug-likeness (QED) is 0.263. The van der Waals surface area contributed by atoms with Crippen molar-refractivity contribution in [3.05, 3.63) is 121 Å². The summed E-state index contributed by atoms with van der Waals surface area (Å²) < 4.78 is 0. The molecule has 0 aliphatic rings. The molecule has 0 saturated carbocycles. The molecule has 0 unspecified atom stereocenters. The fourth-order valence-electron chi connectivity index (χ4n) is 4.63. The largest absolute Gasteiger partial charge is 0.354 e. The maximum atomic E-state index is 3.73. The number of para-hydroxylation sites is 1. The second-order valence-electron chi connectivity index (χ2n) is 7.87. The molecule has 0 bridgehead atoms. The molecule has 0 radical (unpaired) electrons. The molecular formula is C30H22BrN. The first kappa shape index (κ1) is 20.3. The van der Waals surface area contributed by atoms with Gasteiger partial charge in [0.1, 0.15) is 0 Å². The van der Waals surface area contributed by atoms with Crippen LogP contribution >= 0.6 is 17.0 Å². The lowest BCUT2D eigenvalue weighted by molar-refractivity contribution is 1.52. The highest BCUT2D eigenvalue weighted by atomic mass is 79.9. The van der Waals surface area contributed by atoms with E-state index >= 15 is 0 Å². The van der Waals surface area contributed by atoms with Crippen molar-refractivity contribution in [2.24, 2.45) is 0 Å². The fourth-order valence-corrected chi connectivity index (χ4v) is 4.63. The van der Waals surface area contributed by atoms with Gasteiger partial charge in [-0.25, -0.2) is 0 Å². The van der Waals surface area contributed by atoms with Gasteiger partial charge in [0.15, 0.2) is 0 Å². The Hall–Kier alpha value is -3.62. The van der Waals surface area contributed by atoms with E-state index in [9.17, 15) is 0 Å². The van der Waals surface area contributed by atoms with Crippen LogP contribution in [0.4, 0.5) is 0 Å². The van der Waals surface area contributed by atoms with Gasteiger partial charge < -0.3 is 4.98 Å². The van der Waals surface area contributed by atoms with Crippen LogP contribution in [0.15, 0.2) is 121 Å². The maximum Gasteiger partial charge on any atom is 0.0551 e. The van der Waals surface area contributed by atoms with E-state index in [2.05, 4.69) is 126 Å². The Balaban J connectivity index is 0.00000216. The summed E-state index contributed by atoms with van der Waals surface area (Å²) in [7, 11) is 0. The highest BCUT2D eigenvalue weighted by Gasteiger charge is 2.20. The number of aromatic amines is 1. The predicted molar refractivity (Wildman–Crippen MR) is 142 cm³/mol. The molecule has 0 spiro atoms. The summed E-state index contributed by atoms with van der Waals surface area (Å²) in [5.41, 5.74) is 9.78. The van der Waals surface area contributed by atoms with Crippen LogP contribution in [0, 0.1) is 0 Å². The lowest BCUT2D eigenvalue weighted by Crippen LogP contribution is -1.92. The number of H-pyrrole nitrogens is 1. The number of rotatable bonds is 3. The number of nitrogens with one attached hydrogen (secondary N) is 1. The molecule has 0 fully saturated rings. The van der Waals surface area contributed by atoms with Gasteiger partial charge >= 0.3 is 0 Å². The molecule has 32 heavy (non-hydrogen) atoms. The third kappa shape index (κ3) is 3.34. The Labute approximate surface area is 198 Å². The topological polar surface area (TPSA) is 15.8 Å². The number of benzene rings is 5. The molecule has 154 valence electrons. The van der Waals surface area contributed by atoms with Crippen LogP contribution in [0.2, 0.25) is 0 Å². The fraction of sp³-hybridized carbons (Fsp3) is 0. The predicted octanol–water partition coefficient (Wildman–Crippen LogP) is 8.90. The minimum absolute atomic E-state index is 0. The molecular weight excluding hydrogens is 454 g/mol. The summed E-state index contributed by atoms with van der Waals surface area (Å²) in [6.07, 6.45) is 0. The first-order chi connectivity index (χ1) is 15.4. The molecule has 0 atom stereocenters. The second kappa shape index (κ2) is 8.49. The summed E-state index contributed by atoms with van der Waals surface area (Å²) >= 11 is 0. The molecule has 0 amide bonds. The van der Waals surface area contributed by atoms with E-state index in [1.165, 1.54) is 55.2 Å². The summed E-state index contributed by atoms with van der Waals surface area (Å²) in [5.74, 6) is 0. The first-order valence-electron chi connectivity index (χ1n) is 10.6. The van der Waals surface area contributed by atoms with E-state index in [0.29, 0.717) is 0 Å². The summed E-state index contributed by atoms with van der Waals surface area (Å²) in [6, 6.07) is 43.1. The summed E-state index contributed by atoms with van der Waals surface area (Å²) in [5, 5.41) is 2.51. The highest BCUT2D eigenvalue weighted by Crippen LogP contribution is 2.46. The van der Waals surface area contributed by atoms with E-state index in [4.69, 9.17) is 0 Å². The maximum absolute atomic E-state index is 3.73. The molecule has 0 saturated heterocycles. The second-order valence-corrected chi connectivity index (χ2v) is 7.87. The summed E-state index contributed by atoms with van der Waals surface area (Å²) in [4.78, 5) is 3.73. The van der Waals surface area contributed by atoms with E-state index < -0.39 is 0 Å². The smallest absolute Gasteiger partial charge is 0.0551 e. The third-order valence-corrected chi connectivity index (χ3v) is 6.01. The number of halogens is 1. The highest BCUT2D eigenvalue weighted by molar-refractivity contribution is 8.93. The normalized spacial score (nSPS) is 10.9. The van der Waals surface area contributed by atoms with Gasteiger partial charge in [0.25, 0.3) is 0 Å². The Morgan fingerprint density at radius 2 is 0.938 bits per heavy atom. The van der Waals surface area contributed by atoms with Gasteiger partial charge in [-0.15, -0.1) is 17.0 Å². The van der Waals surface area contributed by atoms with Crippen LogP contribution < -0.4 is 0 Å². The van der Waals surface area contributed by atoms with Crippen LogP contribution in [0.1, 0.15) is 0 Å². The SMILES string of the molecule is Br.c1ccc(-c2cc3c([nH]c4ccccc43)c(-c3ccccc3)c2-c2ccccc2)cc1. The van der Waals surface area contributed by atoms with Gasteiger partial charge in [0.05, 0.1) is 5.52 Å². The number of aromatic nitrogens is 1. The van der Waals surface area contributed by atoms with Gasteiger partial charge in [-0.1, -0.05) is 109 Å². The van der Waals surface area contributed by atoms with E-state index in [-0.39, 0.29) is 17.0 Å². The molecule has 1 aromatic heterocycles. The zero-order valence-electron chi connectivity index (χ0n) is 17.5. The molecule has 6 rings (SSSR count). The molecule has 5 aromatic carbocycles. The van der Waals surface area contributed by atoms with Crippen LogP contribution in [0.5, 0.6) is 0 Å². The minimum atomic E-state index is 0. The van der Waals surface area contributed by atoms with Crippen molar-refractivity contribution in [3.8, 4) is 33.4 Å². The van der Waals surface area contributed by atoms with Crippen LogP contribution in [-0.4, -0.2) is 4.98 Å². The van der Waals surface area contributed by atoms with Crippen molar-refractivity contribution in [2.45, 2.75) is 0 Å². The minimum Gasteiger partial charge on any atom is -0.354 e. The van der Waals surface area contributed by atoms with Gasteiger partial charge in [-0.2, -0.15) is 0 Å². The number of hydrogen-bond acceptors (Lipinski definition) is 0. The Bertz CT molecular complexity index is 1500. The average molecular weight is 476 g/mol. The van der Waals surface area contributed by atoms with Crippen molar-refractivity contribution in [3.63, 3.8) is 0 Å². The van der Waals surface area contributed by atoms with Gasteiger partial charge in [0, 0.05) is 21.9 Å². The van der Waals surface area contributed by atoms with Gasteiger partial charge in [-0.05, 0) is 39.9 Å². The Morgan fingerprint density at radius 3 is 1.56 bits per heavy atom. The van der Waals surface area contributed by atoms with Crippen molar-refractivity contribution >= 4 is 38.8 Å². The van der Waals surface area contributed by atoms with E-state index in [1.807, 2.05) is 0 Å². The molecule has 0 aliphatic carbocycles. The van der Waals surface area contributed by atoms with Crippen molar-refractivity contribution in [2.75, 3.05) is 0 Å². The summed E-state index contributed by atoms with van der Waals surface area (Å²) in [6.45, 7) is 0. The molecule has 0 aliphatic heterocycles. The zero-order chi connectivity index (χ0) is 20.6. The van der Waals surface area contributed by atoms with Crippen molar-refractivity contribution in [1.29, 1.82) is 0 Å². The van der Waals surface area contributed by atoms with Gasteiger partial charge in [0.2, 0.25) is 0 Å². The lowest BCUT2D eigenvalue weighted by Gasteiger charge is -2.18. The van der Waals surface area contributed by atoms with Gasteiger partial charge in [-0.3, -0.25) is 0 Å². The third-order valence-electron chi connectivity index (χ3n) is 6.01. The lowest BCUT2D eigenvalue weighted by atomic mass is 9.85. The molecule has 1 nitrogen and oxygen atoms in total. The standard InChI is InChI=1S/C30H21N.BrH/c1-4-12-21(13-5-1)25-20-26-24-18-10-11-19-27(24)31-30(26)29(23-16-8-3-9-17-23)28(25)22-14-6-2-7-15-22;/h1-20,31H;1H. The van der Waals surface area contributed by atoms with Crippen LogP contribution in [0.25, 0.3) is 55.2 Å². The average Bonchev–Trinajstić information content (AvgIpc) is 3.23.